The van der Waals surface area contributed by atoms with Crippen molar-refractivity contribution < 1.29 is 23.5 Å². The van der Waals surface area contributed by atoms with Crippen LogP contribution in [0.1, 0.15) is 26.8 Å². The first-order chi connectivity index (χ1) is 10.1. The zero-order chi connectivity index (χ0) is 15.2. The first-order valence-corrected chi connectivity index (χ1v) is 7.04. The van der Waals surface area contributed by atoms with E-state index in [1.807, 2.05) is 17.5 Å². The summed E-state index contributed by atoms with van der Waals surface area (Å²) in [6, 6.07) is 5.31. The molecule has 6 heteroatoms. The molecule has 0 aliphatic carbocycles. The third kappa shape index (κ3) is 4.06. The van der Waals surface area contributed by atoms with Crippen LogP contribution < -0.4 is 0 Å². The van der Waals surface area contributed by atoms with Crippen LogP contribution in [0.4, 0.5) is 0 Å². The van der Waals surface area contributed by atoms with Crippen molar-refractivity contribution in [2.24, 2.45) is 0 Å². The molecular weight excluding hydrogens is 292 g/mol. The van der Waals surface area contributed by atoms with Gasteiger partial charge in [0.2, 0.25) is 0 Å². The molecule has 21 heavy (non-hydrogen) atoms. The molecule has 0 saturated carbocycles. The second kappa shape index (κ2) is 6.90. The number of thiophene rings is 1. The number of carbonyl (C=O) groups excluding carboxylic acids is 2. The number of carbonyl (C=O) groups is 2. The summed E-state index contributed by atoms with van der Waals surface area (Å²) in [6.07, 6.45) is 3.03. The molecule has 0 spiro atoms. The van der Waals surface area contributed by atoms with Gasteiger partial charge in [0.05, 0.1) is 7.11 Å². The lowest BCUT2D eigenvalue weighted by molar-refractivity contribution is -0.139. The maximum absolute atomic E-state index is 11.6. The minimum Gasteiger partial charge on any atom is -0.465 e. The van der Waals surface area contributed by atoms with Gasteiger partial charge in [0.1, 0.15) is 23.7 Å². The molecule has 0 atom stereocenters. The first kappa shape index (κ1) is 15.1. The first-order valence-electron chi connectivity index (χ1n) is 6.16. The molecule has 0 saturated heterocycles. The van der Waals surface area contributed by atoms with E-state index >= 15 is 0 Å². The molecular formula is C15H14O5S. The van der Waals surface area contributed by atoms with Crippen molar-refractivity contribution in [3.8, 4) is 0 Å². The van der Waals surface area contributed by atoms with Crippen molar-refractivity contribution in [2.45, 2.75) is 13.5 Å². The highest BCUT2D eigenvalue weighted by Gasteiger charge is 2.15. The lowest BCUT2D eigenvalue weighted by Crippen LogP contribution is -2.01. The summed E-state index contributed by atoms with van der Waals surface area (Å²) in [6.45, 7) is 1.61. The Morgan fingerprint density at radius 2 is 2.24 bits per heavy atom. The average Bonchev–Trinajstić information content (AvgIpc) is 3.11. The SMILES string of the molecule is COC(=O)c1cc(COC(=O)/C=C/c2cccs2)oc1C. The molecule has 0 unspecified atom stereocenters. The third-order valence-corrected chi connectivity index (χ3v) is 3.50. The lowest BCUT2D eigenvalue weighted by Gasteiger charge is -1.97. The summed E-state index contributed by atoms with van der Waals surface area (Å²) < 4.78 is 15.0. The number of ether oxygens (including phenoxy) is 2. The zero-order valence-electron chi connectivity index (χ0n) is 11.6. The number of furan rings is 1. The van der Waals surface area contributed by atoms with Crippen molar-refractivity contribution in [1.29, 1.82) is 0 Å². The number of rotatable bonds is 5. The minimum absolute atomic E-state index is 0.0363. The average molecular weight is 306 g/mol. The second-order valence-corrected chi connectivity index (χ2v) is 5.11. The fraction of sp³-hybridized carbons (Fsp3) is 0.200. The molecule has 0 aromatic carbocycles. The molecule has 110 valence electrons. The van der Waals surface area contributed by atoms with Crippen LogP contribution in [0, 0.1) is 6.92 Å². The van der Waals surface area contributed by atoms with Crippen molar-refractivity contribution >= 4 is 29.4 Å². The van der Waals surface area contributed by atoms with E-state index in [2.05, 4.69) is 4.74 Å². The molecule has 2 heterocycles. The van der Waals surface area contributed by atoms with E-state index in [4.69, 9.17) is 9.15 Å². The summed E-state index contributed by atoms with van der Waals surface area (Å²) in [4.78, 5) is 23.9. The minimum atomic E-state index is -0.480. The highest BCUT2D eigenvalue weighted by Crippen LogP contribution is 2.16. The Morgan fingerprint density at radius 1 is 1.43 bits per heavy atom. The zero-order valence-corrected chi connectivity index (χ0v) is 12.4. The molecule has 2 aromatic heterocycles. The van der Waals surface area contributed by atoms with Crippen LogP contribution in [-0.4, -0.2) is 19.0 Å². The maximum atomic E-state index is 11.6. The number of hydrogen-bond donors (Lipinski definition) is 0. The van der Waals surface area contributed by atoms with Crippen LogP contribution >= 0.6 is 11.3 Å². The Morgan fingerprint density at radius 3 is 2.90 bits per heavy atom. The van der Waals surface area contributed by atoms with E-state index in [-0.39, 0.29) is 6.61 Å². The largest absolute Gasteiger partial charge is 0.465 e. The number of esters is 2. The highest BCUT2D eigenvalue weighted by atomic mass is 32.1. The normalized spacial score (nSPS) is 10.8. The van der Waals surface area contributed by atoms with E-state index in [9.17, 15) is 9.59 Å². The molecule has 0 fully saturated rings. The topological polar surface area (TPSA) is 65.7 Å². The van der Waals surface area contributed by atoms with Crippen LogP contribution in [0.25, 0.3) is 6.08 Å². The van der Waals surface area contributed by atoms with Crippen LogP contribution in [0.2, 0.25) is 0 Å². The Balaban J connectivity index is 1.91. The Hall–Kier alpha value is -2.34. The fourth-order valence-electron chi connectivity index (χ4n) is 1.65. The monoisotopic (exact) mass is 306 g/mol. The summed E-state index contributed by atoms with van der Waals surface area (Å²) in [5.74, 6) is -0.128. The summed E-state index contributed by atoms with van der Waals surface area (Å²) >= 11 is 1.53. The predicted molar refractivity (Wildman–Crippen MR) is 77.9 cm³/mol. The maximum Gasteiger partial charge on any atom is 0.341 e. The Bertz CT molecular complexity index is 652. The Labute approximate surface area is 125 Å². The van der Waals surface area contributed by atoms with Gasteiger partial charge < -0.3 is 13.9 Å². The van der Waals surface area contributed by atoms with Gasteiger partial charge in [-0.25, -0.2) is 9.59 Å². The smallest absolute Gasteiger partial charge is 0.341 e. The van der Waals surface area contributed by atoms with Gasteiger partial charge >= 0.3 is 11.9 Å². The summed E-state index contributed by atoms with van der Waals surface area (Å²) in [7, 11) is 1.30. The molecule has 2 aromatic rings. The van der Waals surface area contributed by atoms with Gasteiger partial charge in [-0.2, -0.15) is 0 Å². The number of aryl methyl sites for hydroxylation is 1. The van der Waals surface area contributed by atoms with Gasteiger partial charge in [-0.05, 0) is 30.5 Å². The number of hydrogen-bond acceptors (Lipinski definition) is 6. The lowest BCUT2D eigenvalue weighted by atomic mass is 10.2. The van der Waals surface area contributed by atoms with E-state index in [1.54, 1.807) is 13.0 Å². The molecule has 0 aliphatic heterocycles. The molecule has 0 aliphatic rings. The molecule has 0 amide bonds. The van der Waals surface area contributed by atoms with Crippen LogP contribution in [-0.2, 0) is 20.9 Å². The third-order valence-electron chi connectivity index (χ3n) is 2.66. The standard InChI is InChI=1S/C15H14O5S/c1-10-13(15(17)18-2)8-11(20-10)9-19-14(16)6-5-12-4-3-7-21-12/h3-8H,9H2,1-2H3/b6-5+. The van der Waals surface area contributed by atoms with Crippen molar-refractivity contribution in [3.63, 3.8) is 0 Å². The molecule has 5 nitrogen and oxygen atoms in total. The molecule has 0 bridgehead atoms. The van der Waals surface area contributed by atoms with Crippen LogP contribution in [0.15, 0.2) is 34.1 Å². The molecule has 2 rings (SSSR count). The van der Waals surface area contributed by atoms with E-state index in [0.717, 1.165) is 4.88 Å². The summed E-state index contributed by atoms with van der Waals surface area (Å²) in [5, 5.41) is 1.92. The number of methoxy groups -OCH3 is 1. The van der Waals surface area contributed by atoms with Gasteiger partial charge in [-0.3, -0.25) is 0 Å². The highest BCUT2D eigenvalue weighted by molar-refractivity contribution is 7.10. The van der Waals surface area contributed by atoms with Crippen molar-refractivity contribution in [1.82, 2.24) is 0 Å². The van der Waals surface area contributed by atoms with Gasteiger partial charge in [-0.1, -0.05) is 6.07 Å². The van der Waals surface area contributed by atoms with Gasteiger partial charge in [0.25, 0.3) is 0 Å². The molecule has 0 N–H and O–H groups in total. The van der Waals surface area contributed by atoms with Crippen LogP contribution in [0.5, 0.6) is 0 Å². The van der Waals surface area contributed by atoms with E-state index < -0.39 is 11.9 Å². The van der Waals surface area contributed by atoms with Gasteiger partial charge in [-0.15, -0.1) is 11.3 Å². The Kier molecular flexibility index (Phi) is 4.94. The van der Waals surface area contributed by atoms with Gasteiger partial charge in [0.15, 0.2) is 0 Å². The van der Waals surface area contributed by atoms with Crippen molar-refractivity contribution in [2.75, 3.05) is 7.11 Å². The molecule has 0 radical (unpaired) electrons. The van der Waals surface area contributed by atoms with E-state index in [0.29, 0.717) is 17.1 Å². The van der Waals surface area contributed by atoms with E-state index in [1.165, 1.54) is 30.6 Å². The fourth-order valence-corrected chi connectivity index (χ4v) is 2.27. The quantitative estimate of drug-likeness (QED) is 0.627. The van der Waals surface area contributed by atoms with Crippen molar-refractivity contribution in [3.05, 3.63) is 51.6 Å². The van der Waals surface area contributed by atoms with Crippen LogP contribution in [0.3, 0.4) is 0 Å². The second-order valence-electron chi connectivity index (χ2n) is 4.13. The predicted octanol–water partition coefficient (Wildman–Crippen LogP) is 3.19. The van der Waals surface area contributed by atoms with Gasteiger partial charge in [0, 0.05) is 11.0 Å². The summed E-state index contributed by atoms with van der Waals surface area (Å²) in [5.41, 5.74) is 0.331.